The first kappa shape index (κ1) is 21.1. The van der Waals surface area contributed by atoms with Crippen molar-refractivity contribution in [1.82, 2.24) is 5.43 Å². The lowest BCUT2D eigenvalue weighted by Gasteiger charge is -2.13. The van der Waals surface area contributed by atoms with E-state index in [1.807, 2.05) is 0 Å². The molecule has 0 aromatic carbocycles. The smallest absolute Gasteiger partial charge is 0.240 e. The Morgan fingerprint density at radius 2 is 1.27 bits per heavy atom. The number of carbonyl (C=O) groups is 1. The molecule has 1 N–H and O–H groups in total. The zero-order chi connectivity index (χ0) is 16.8. The first-order valence-electron chi connectivity index (χ1n) is 9.35. The standard InChI is InChI=1S/C19H38N2O/c1-6-7-8-9-10-11-12-13-14-15-18(22)20-21-19(16(2)3)17(4)5/h16-17H,6-15H2,1-5H3,(H,20,22). The molecular formula is C19H38N2O. The molecule has 0 fully saturated rings. The molecule has 0 spiro atoms. The van der Waals surface area contributed by atoms with Gasteiger partial charge in [-0.05, 0) is 18.3 Å². The lowest BCUT2D eigenvalue weighted by Crippen LogP contribution is -2.24. The summed E-state index contributed by atoms with van der Waals surface area (Å²) >= 11 is 0. The predicted octanol–water partition coefficient (Wildman–Crippen LogP) is 5.69. The highest BCUT2D eigenvalue weighted by atomic mass is 16.2. The minimum atomic E-state index is 0.0572. The van der Waals surface area contributed by atoms with Gasteiger partial charge in [0.15, 0.2) is 0 Å². The van der Waals surface area contributed by atoms with Crippen LogP contribution < -0.4 is 5.43 Å². The van der Waals surface area contributed by atoms with Crippen LogP contribution in [0.1, 0.15) is 98.8 Å². The second-order valence-electron chi connectivity index (χ2n) is 6.96. The number of amides is 1. The van der Waals surface area contributed by atoms with Crippen molar-refractivity contribution in [3.63, 3.8) is 0 Å². The van der Waals surface area contributed by atoms with Crippen molar-refractivity contribution < 1.29 is 4.79 Å². The van der Waals surface area contributed by atoms with Crippen LogP contribution in [0.15, 0.2) is 5.10 Å². The number of carbonyl (C=O) groups excluding carboxylic acids is 1. The Labute approximate surface area is 138 Å². The third-order valence-corrected chi connectivity index (χ3v) is 4.00. The van der Waals surface area contributed by atoms with Crippen molar-refractivity contribution in [1.29, 1.82) is 0 Å². The zero-order valence-electron chi connectivity index (χ0n) is 15.6. The van der Waals surface area contributed by atoms with Gasteiger partial charge in [-0.25, -0.2) is 5.43 Å². The minimum Gasteiger partial charge on any atom is -0.273 e. The molecule has 0 aromatic rings. The Morgan fingerprint density at radius 3 is 1.73 bits per heavy atom. The van der Waals surface area contributed by atoms with Crippen LogP contribution in [0.3, 0.4) is 0 Å². The van der Waals surface area contributed by atoms with Crippen LogP contribution in [0.2, 0.25) is 0 Å². The lowest BCUT2D eigenvalue weighted by molar-refractivity contribution is -0.121. The molecule has 0 unspecified atom stereocenters. The van der Waals surface area contributed by atoms with Crippen LogP contribution in [0.25, 0.3) is 0 Å². The molecule has 0 radical (unpaired) electrons. The average molecular weight is 311 g/mol. The largest absolute Gasteiger partial charge is 0.273 e. The van der Waals surface area contributed by atoms with E-state index in [2.05, 4.69) is 45.1 Å². The monoisotopic (exact) mass is 310 g/mol. The summed E-state index contributed by atoms with van der Waals surface area (Å²) in [6.45, 7) is 10.7. The van der Waals surface area contributed by atoms with Crippen LogP contribution >= 0.6 is 0 Å². The molecule has 0 aliphatic carbocycles. The van der Waals surface area contributed by atoms with Gasteiger partial charge in [-0.3, -0.25) is 4.79 Å². The number of nitrogens with one attached hydrogen (secondary N) is 1. The minimum absolute atomic E-state index is 0.0572. The van der Waals surface area contributed by atoms with Gasteiger partial charge >= 0.3 is 0 Å². The van der Waals surface area contributed by atoms with Crippen LogP contribution in [-0.4, -0.2) is 11.6 Å². The fraction of sp³-hybridized carbons (Fsp3) is 0.895. The molecule has 0 heterocycles. The van der Waals surface area contributed by atoms with Gasteiger partial charge in [0.2, 0.25) is 5.91 Å². The van der Waals surface area contributed by atoms with Crippen molar-refractivity contribution in [3.05, 3.63) is 0 Å². The van der Waals surface area contributed by atoms with E-state index in [1.165, 1.54) is 44.9 Å². The Kier molecular flexibility index (Phi) is 13.2. The molecule has 22 heavy (non-hydrogen) atoms. The fourth-order valence-electron chi connectivity index (χ4n) is 2.70. The summed E-state index contributed by atoms with van der Waals surface area (Å²) in [5, 5.41) is 4.30. The Bertz CT molecular complexity index is 299. The first-order chi connectivity index (χ1) is 10.5. The third-order valence-electron chi connectivity index (χ3n) is 4.00. The van der Waals surface area contributed by atoms with Crippen LogP contribution in [0, 0.1) is 11.8 Å². The van der Waals surface area contributed by atoms with E-state index in [9.17, 15) is 4.79 Å². The molecule has 130 valence electrons. The maximum absolute atomic E-state index is 11.8. The number of hydrazone groups is 1. The van der Waals surface area contributed by atoms with Crippen molar-refractivity contribution in [3.8, 4) is 0 Å². The summed E-state index contributed by atoms with van der Waals surface area (Å²) in [5.74, 6) is 0.822. The lowest BCUT2D eigenvalue weighted by atomic mass is 9.98. The molecule has 0 rings (SSSR count). The van der Waals surface area contributed by atoms with E-state index in [4.69, 9.17) is 0 Å². The summed E-state index contributed by atoms with van der Waals surface area (Å²) in [6, 6.07) is 0. The SMILES string of the molecule is CCCCCCCCCCCC(=O)NN=C(C(C)C)C(C)C. The Hall–Kier alpha value is -0.860. The molecule has 0 bridgehead atoms. The number of rotatable bonds is 13. The van der Waals surface area contributed by atoms with Crippen LogP contribution in [0.4, 0.5) is 0 Å². The molecule has 3 nitrogen and oxygen atoms in total. The molecule has 0 aliphatic heterocycles. The van der Waals surface area contributed by atoms with Crippen molar-refractivity contribution in [2.45, 2.75) is 98.8 Å². The highest BCUT2D eigenvalue weighted by Gasteiger charge is 2.10. The number of unbranched alkanes of at least 4 members (excludes halogenated alkanes) is 8. The summed E-state index contributed by atoms with van der Waals surface area (Å²) in [6.07, 6.45) is 12.1. The Balaban J connectivity index is 3.63. The quantitative estimate of drug-likeness (QED) is 0.265. The highest BCUT2D eigenvalue weighted by molar-refractivity contribution is 5.89. The first-order valence-corrected chi connectivity index (χ1v) is 9.35. The van der Waals surface area contributed by atoms with E-state index in [-0.39, 0.29) is 5.91 Å². The summed E-state index contributed by atoms with van der Waals surface area (Å²) in [4.78, 5) is 11.8. The Morgan fingerprint density at radius 1 is 0.818 bits per heavy atom. The number of hydrogen-bond acceptors (Lipinski definition) is 2. The second kappa shape index (κ2) is 13.8. The zero-order valence-corrected chi connectivity index (χ0v) is 15.6. The maximum Gasteiger partial charge on any atom is 0.240 e. The predicted molar refractivity (Wildman–Crippen MR) is 97.1 cm³/mol. The van der Waals surface area contributed by atoms with Crippen molar-refractivity contribution in [2.75, 3.05) is 0 Å². The van der Waals surface area contributed by atoms with E-state index in [0.717, 1.165) is 18.6 Å². The molecule has 0 saturated carbocycles. The van der Waals surface area contributed by atoms with Gasteiger partial charge in [0.1, 0.15) is 0 Å². The van der Waals surface area contributed by atoms with Gasteiger partial charge in [-0.15, -0.1) is 0 Å². The van der Waals surface area contributed by atoms with Gasteiger partial charge < -0.3 is 0 Å². The second-order valence-corrected chi connectivity index (χ2v) is 6.96. The molecule has 0 saturated heterocycles. The van der Waals surface area contributed by atoms with Gasteiger partial charge in [0, 0.05) is 12.1 Å². The van der Waals surface area contributed by atoms with Crippen LogP contribution in [0.5, 0.6) is 0 Å². The number of hydrogen-bond donors (Lipinski definition) is 1. The molecule has 0 atom stereocenters. The van der Waals surface area contributed by atoms with Gasteiger partial charge in [-0.2, -0.15) is 5.10 Å². The molecule has 1 amide bonds. The van der Waals surface area contributed by atoms with E-state index >= 15 is 0 Å². The topological polar surface area (TPSA) is 41.5 Å². The molecule has 0 aliphatic rings. The normalized spacial score (nSPS) is 11.0. The van der Waals surface area contributed by atoms with E-state index in [0.29, 0.717) is 18.3 Å². The van der Waals surface area contributed by atoms with Crippen LogP contribution in [-0.2, 0) is 4.79 Å². The molecule has 3 heteroatoms. The highest BCUT2D eigenvalue weighted by Crippen LogP contribution is 2.11. The van der Waals surface area contributed by atoms with Gasteiger partial charge in [-0.1, -0.05) is 86.0 Å². The summed E-state index contributed by atoms with van der Waals surface area (Å²) < 4.78 is 0. The molecule has 0 aromatic heterocycles. The third kappa shape index (κ3) is 11.8. The van der Waals surface area contributed by atoms with E-state index < -0.39 is 0 Å². The van der Waals surface area contributed by atoms with Crippen molar-refractivity contribution in [2.24, 2.45) is 16.9 Å². The van der Waals surface area contributed by atoms with E-state index in [1.54, 1.807) is 0 Å². The number of nitrogens with zero attached hydrogens (tertiary/aromatic N) is 1. The fourth-order valence-corrected chi connectivity index (χ4v) is 2.70. The van der Waals surface area contributed by atoms with Gasteiger partial charge in [0.25, 0.3) is 0 Å². The molecular weight excluding hydrogens is 272 g/mol. The summed E-state index contributed by atoms with van der Waals surface area (Å²) in [7, 11) is 0. The maximum atomic E-state index is 11.8. The summed E-state index contributed by atoms with van der Waals surface area (Å²) in [5.41, 5.74) is 3.79. The van der Waals surface area contributed by atoms with Gasteiger partial charge in [0.05, 0.1) is 0 Å². The average Bonchev–Trinajstić information content (AvgIpc) is 2.45. The van der Waals surface area contributed by atoms with Crippen molar-refractivity contribution >= 4 is 11.6 Å².